The van der Waals surface area contributed by atoms with E-state index in [1.807, 2.05) is 55.4 Å². The van der Waals surface area contributed by atoms with Gasteiger partial charge in [-0.05, 0) is 28.8 Å². The number of nitrogens with one attached hydrogen (secondary N) is 1. The molecule has 0 aliphatic carbocycles. The van der Waals surface area contributed by atoms with Crippen LogP contribution in [0.15, 0.2) is 90.0 Å². The van der Waals surface area contributed by atoms with E-state index < -0.39 is 11.5 Å². The Morgan fingerprint density at radius 1 is 0.893 bits per heavy atom. The first-order valence-corrected chi connectivity index (χ1v) is 8.96. The molecule has 5 nitrogen and oxygen atoms in total. The molecule has 0 unspecified atom stereocenters. The van der Waals surface area contributed by atoms with Crippen LogP contribution in [0.1, 0.15) is 16.7 Å². The zero-order chi connectivity index (χ0) is 20.0. The van der Waals surface area contributed by atoms with Crippen molar-refractivity contribution in [3.8, 4) is 0 Å². The van der Waals surface area contributed by atoms with E-state index in [0.29, 0.717) is 11.1 Å². The maximum Gasteiger partial charge on any atom is 0.281 e. The maximum absolute atomic E-state index is 12.9. The van der Waals surface area contributed by atoms with Gasteiger partial charge in [0, 0.05) is 19.8 Å². The molecule has 0 saturated heterocycles. The molecule has 28 heavy (non-hydrogen) atoms. The Kier molecular flexibility index (Phi) is 5.87. The lowest BCUT2D eigenvalue weighted by Crippen LogP contribution is -2.43. The van der Waals surface area contributed by atoms with Crippen LogP contribution < -0.4 is 10.3 Å². The van der Waals surface area contributed by atoms with Gasteiger partial charge in [-0.25, -0.2) is 5.43 Å². The smallest absolute Gasteiger partial charge is 0.281 e. The summed E-state index contributed by atoms with van der Waals surface area (Å²) in [5, 5.41) is 15.4. The molecule has 3 aromatic carbocycles. The quantitative estimate of drug-likeness (QED) is 0.515. The molecule has 0 radical (unpaired) electrons. The predicted octanol–water partition coefficient (Wildman–Crippen LogP) is 3.14. The van der Waals surface area contributed by atoms with E-state index in [9.17, 15) is 9.90 Å². The number of nitrogens with zero attached hydrogens (tertiary/aromatic N) is 2. The molecular weight excluding hydrogens is 350 g/mol. The Hall–Kier alpha value is -3.44. The fourth-order valence-corrected chi connectivity index (χ4v) is 2.89. The van der Waals surface area contributed by atoms with Gasteiger partial charge in [0.1, 0.15) is 0 Å². The van der Waals surface area contributed by atoms with Gasteiger partial charge in [-0.15, -0.1) is 0 Å². The number of hydrazone groups is 1. The number of carbonyl (C=O) groups is 1. The Labute approximate surface area is 165 Å². The summed E-state index contributed by atoms with van der Waals surface area (Å²) in [4.78, 5) is 14.9. The van der Waals surface area contributed by atoms with Gasteiger partial charge in [0.15, 0.2) is 5.60 Å². The highest BCUT2D eigenvalue weighted by molar-refractivity contribution is 5.91. The zero-order valence-electron chi connectivity index (χ0n) is 15.9. The molecule has 3 aromatic rings. The topological polar surface area (TPSA) is 64.9 Å². The standard InChI is InChI=1S/C23H23N3O2/c1-26(2)21-15-13-18(14-16-21)17-24-25-22(27)23(28,19-9-5-3-6-10-19)20-11-7-4-8-12-20/h3-17,28H,1-2H3,(H,25,27)/b24-17-. The van der Waals surface area contributed by atoms with Gasteiger partial charge in [-0.2, -0.15) is 5.10 Å². The number of amides is 1. The minimum absolute atomic E-state index is 0.476. The molecule has 0 bridgehead atoms. The molecule has 2 N–H and O–H groups in total. The minimum atomic E-state index is -1.84. The van der Waals surface area contributed by atoms with Gasteiger partial charge in [0.2, 0.25) is 0 Å². The summed E-state index contributed by atoms with van der Waals surface area (Å²) >= 11 is 0. The van der Waals surface area contributed by atoms with Gasteiger partial charge < -0.3 is 10.0 Å². The number of aliphatic hydroxyl groups is 1. The van der Waals surface area contributed by atoms with E-state index in [1.54, 1.807) is 54.7 Å². The van der Waals surface area contributed by atoms with E-state index in [2.05, 4.69) is 10.5 Å². The average molecular weight is 373 g/mol. The highest BCUT2D eigenvalue weighted by atomic mass is 16.3. The van der Waals surface area contributed by atoms with Crippen molar-refractivity contribution >= 4 is 17.8 Å². The van der Waals surface area contributed by atoms with Crippen molar-refractivity contribution in [3.05, 3.63) is 102 Å². The van der Waals surface area contributed by atoms with Crippen LogP contribution in [0.4, 0.5) is 5.69 Å². The molecule has 3 rings (SSSR count). The van der Waals surface area contributed by atoms with Crippen LogP contribution >= 0.6 is 0 Å². The molecule has 142 valence electrons. The third-order valence-electron chi connectivity index (χ3n) is 4.50. The van der Waals surface area contributed by atoms with Crippen LogP contribution in [-0.2, 0) is 10.4 Å². The van der Waals surface area contributed by atoms with E-state index in [1.165, 1.54) is 0 Å². The van der Waals surface area contributed by atoms with E-state index >= 15 is 0 Å². The molecule has 5 heteroatoms. The summed E-state index contributed by atoms with van der Waals surface area (Å²) in [6.45, 7) is 0. The third kappa shape index (κ3) is 4.10. The normalized spacial score (nSPS) is 11.4. The molecule has 0 saturated carbocycles. The number of rotatable bonds is 6. The van der Waals surface area contributed by atoms with Crippen molar-refractivity contribution in [2.75, 3.05) is 19.0 Å². The van der Waals surface area contributed by atoms with Crippen molar-refractivity contribution in [2.45, 2.75) is 5.60 Å². The van der Waals surface area contributed by atoms with Gasteiger partial charge >= 0.3 is 0 Å². The second-order valence-corrected chi connectivity index (χ2v) is 6.63. The first-order valence-electron chi connectivity index (χ1n) is 8.96. The fourth-order valence-electron chi connectivity index (χ4n) is 2.89. The number of hydrogen-bond acceptors (Lipinski definition) is 4. The molecule has 0 aromatic heterocycles. The van der Waals surface area contributed by atoms with Gasteiger partial charge in [0.05, 0.1) is 6.21 Å². The lowest BCUT2D eigenvalue weighted by molar-refractivity contribution is -0.136. The predicted molar refractivity (Wildman–Crippen MR) is 112 cm³/mol. The molecule has 1 amide bonds. The first-order chi connectivity index (χ1) is 13.5. The number of anilines is 1. The van der Waals surface area contributed by atoms with E-state index in [4.69, 9.17) is 0 Å². The fraction of sp³-hybridized carbons (Fsp3) is 0.130. The van der Waals surface area contributed by atoms with Crippen molar-refractivity contribution in [2.24, 2.45) is 5.10 Å². The number of hydrogen-bond donors (Lipinski definition) is 2. The first kappa shape index (κ1) is 19.3. The average Bonchev–Trinajstić information content (AvgIpc) is 2.74. The van der Waals surface area contributed by atoms with Gasteiger partial charge in [-0.3, -0.25) is 4.79 Å². The molecule has 0 aliphatic heterocycles. The summed E-state index contributed by atoms with van der Waals surface area (Å²) in [6, 6.07) is 25.4. The van der Waals surface area contributed by atoms with Crippen LogP contribution in [0.3, 0.4) is 0 Å². The lowest BCUT2D eigenvalue weighted by atomic mass is 9.85. The van der Waals surface area contributed by atoms with Crippen molar-refractivity contribution < 1.29 is 9.90 Å². The minimum Gasteiger partial charge on any atom is -0.378 e. The number of carbonyl (C=O) groups excluding carboxylic acids is 1. The van der Waals surface area contributed by atoms with Gasteiger partial charge in [-0.1, -0.05) is 72.8 Å². The summed E-state index contributed by atoms with van der Waals surface area (Å²) in [5.74, 6) is -0.619. The van der Waals surface area contributed by atoms with Crippen LogP contribution in [0.5, 0.6) is 0 Å². The van der Waals surface area contributed by atoms with Gasteiger partial charge in [0.25, 0.3) is 5.91 Å². The number of benzene rings is 3. The van der Waals surface area contributed by atoms with E-state index in [-0.39, 0.29) is 0 Å². The van der Waals surface area contributed by atoms with Crippen LogP contribution in [0.2, 0.25) is 0 Å². The van der Waals surface area contributed by atoms with Crippen LogP contribution in [0, 0.1) is 0 Å². The SMILES string of the molecule is CN(C)c1ccc(/C=N\NC(=O)C(O)(c2ccccc2)c2ccccc2)cc1. The summed E-state index contributed by atoms with van der Waals surface area (Å²) in [5.41, 5.74) is 3.50. The van der Waals surface area contributed by atoms with Crippen molar-refractivity contribution in [1.82, 2.24) is 5.43 Å². The molecule has 0 atom stereocenters. The van der Waals surface area contributed by atoms with Crippen molar-refractivity contribution in [1.29, 1.82) is 0 Å². The highest BCUT2D eigenvalue weighted by Crippen LogP contribution is 2.29. The Morgan fingerprint density at radius 3 is 1.86 bits per heavy atom. The highest BCUT2D eigenvalue weighted by Gasteiger charge is 2.39. The Morgan fingerprint density at radius 2 is 1.39 bits per heavy atom. The zero-order valence-corrected chi connectivity index (χ0v) is 15.9. The molecule has 0 aliphatic rings. The second-order valence-electron chi connectivity index (χ2n) is 6.63. The molecule has 0 fully saturated rings. The summed E-state index contributed by atoms with van der Waals surface area (Å²) in [7, 11) is 3.94. The second kappa shape index (κ2) is 8.50. The molecular formula is C23H23N3O2. The largest absolute Gasteiger partial charge is 0.378 e. The lowest BCUT2D eigenvalue weighted by Gasteiger charge is -2.27. The molecule has 0 spiro atoms. The molecule has 0 heterocycles. The van der Waals surface area contributed by atoms with Crippen LogP contribution in [-0.4, -0.2) is 31.3 Å². The summed E-state index contributed by atoms with van der Waals surface area (Å²) < 4.78 is 0. The Bertz CT molecular complexity index is 897. The Balaban J connectivity index is 1.82. The summed E-state index contributed by atoms with van der Waals surface area (Å²) in [6.07, 6.45) is 1.55. The van der Waals surface area contributed by atoms with Crippen molar-refractivity contribution in [3.63, 3.8) is 0 Å². The monoisotopic (exact) mass is 373 g/mol. The third-order valence-corrected chi connectivity index (χ3v) is 4.50. The van der Waals surface area contributed by atoms with Crippen LogP contribution in [0.25, 0.3) is 0 Å². The maximum atomic E-state index is 12.9. The van der Waals surface area contributed by atoms with E-state index in [0.717, 1.165) is 11.3 Å².